The normalized spacial score (nSPS) is 19.7. The first-order valence-corrected chi connectivity index (χ1v) is 8.44. The quantitative estimate of drug-likeness (QED) is 0.724. The van der Waals surface area contributed by atoms with E-state index < -0.39 is 11.9 Å². The smallest absolute Gasteiger partial charge is 0.342 e. The lowest BCUT2D eigenvalue weighted by Gasteiger charge is -2.29. The van der Waals surface area contributed by atoms with Gasteiger partial charge in [0, 0.05) is 6.04 Å². The van der Waals surface area contributed by atoms with Crippen molar-refractivity contribution in [3.8, 4) is 5.75 Å². The summed E-state index contributed by atoms with van der Waals surface area (Å²) in [5, 5.41) is 2.92. The van der Waals surface area contributed by atoms with Crippen molar-refractivity contribution in [3.63, 3.8) is 0 Å². The molecule has 3 N–H and O–H groups in total. The van der Waals surface area contributed by atoms with E-state index in [0.29, 0.717) is 5.92 Å². The number of amides is 2. The fourth-order valence-corrected chi connectivity index (χ4v) is 2.90. The van der Waals surface area contributed by atoms with Gasteiger partial charge in [-0.1, -0.05) is 31.9 Å². The number of nitrogens with one attached hydrogen (secondary N) is 1. The average molecular weight is 348 g/mol. The zero-order valence-electron chi connectivity index (χ0n) is 14.3. The van der Waals surface area contributed by atoms with E-state index in [1.54, 1.807) is 12.1 Å². The molecule has 1 aliphatic rings. The Kier molecular flexibility index (Phi) is 6.80. The lowest BCUT2D eigenvalue weighted by atomic mass is 9.86. The Labute approximate surface area is 146 Å². The number of rotatable bonds is 7. The Bertz CT molecular complexity index is 632. The summed E-state index contributed by atoms with van der Waals surface area (Å²) in [6.45, 7) is 1.42. The van der Waals surface area contributed by atoms with Crippen LogP contribution in [-0.2, 0) is 14.3 Å². The Balaban J connectivity index is 1.87. The summed E-state index contributed by atoms with van der Waals surface area (Å²) in [6, 6.07) is 6.45. The van der Waals surface area contributed by atoms with E-state index >= 15 is 0 Å². The predicted octanol–water partition coefficient (Wildman–Crippen LogP) is 1.40. The van der Waals surface area contributed by atoms with E-state index in [2.05, 4.69) is 12.2 Å². The molecule has 2 rings (SSSR count). The molecule has 25 heavy (non-hydrogen) atoms. The molecule has 136 valence electrons. The van der Waals surface area contributed by atoms with Crippen LogP contribution in [0.2, 0.25) is 0 Å². The van der Waals surface area contributed by atoms with Crippen LogP contribution in [0.3, 0.4) is 0 Å². The van der Waals surface area contributed by atoms with Crippen LogP contribution < -0.4 is 15.8 Å². The number of ether oxygens (including phenoxy) is 2. The molecule has 0 heterocycles. The summed E-state index contributed by atoms with van der Waals surface area (Å²) in [7, 11) is 0. The van der Waals surface area contributed by atoms with E-state index in [-0.39, 0.29) is 36.5 Å². The molecule has 0 radical (unpaired) electrons. The van der Waals surface area contributed by atoms with Gasteiger partial charge in [-0.15, -0.1) is 0 Å². The van der Waals surface area contributed by atoms with Gasteiger partial charge >= 0.3 is 5.97 Å². The van der Waals surface area contributed by atoms with Crippen LogP contribution in [0, 0.1) is 5.92 Å². The molecule has 1 aromatic carbocycles. The first-order chi connectivity index (χ1) is 12.0. The third kappa shape index (κ3) is 5.77. The molecule has 7 heteroatoms. The number of carbonyl (C=O) groups excluding carboxylic acids is 3. The molecule has 0 spiro atoms. The Hall–Kier alpha value is -2.57. The van der Waals surface area contributed by atoms with Gasteiger partial charge in [0.1, 0.15) is 11.3 Å². The summed E-state index contributed by atoms with van der Waals surface area (Å²) < 4.78 is 10.3. The minimum Gasteiger partial charge on any atom is -0.483 e. The monoisotopic (exact) mass is 348 g/mol. The van der Waals surface area contributed by atoms with Gasteiger partial charge in [-0.2, -0.15) is 0 Å². The summed E-state index contributed by atoms with van der Waals surface area (Å²) in [5.74, 6) is -1.04. The second-order valence-corrected chi connectivity index (χ2v) is 6.26. The second kappa shape index (κ2) is 9.05. The van der Waals surface area contributed by atoms with Crippen LogP contribution in [0.25, 0.3) is 0 Å². The predicted molar refractivity (Wildman–Crippen MR) is 91.0 cm³/mol. The average Bonchev–Trinajstić information content (AvgIpc) is 2.60. The van der Waals surface area contributed by atoms with Crippen LogP contribution in [0.4, 0.5) is 0 Å². The van der Waals surface area contributed by atoms with Crippen LogP contribution in [0.15, 0.2) is 24.3 Å². The van der Waals surface area contributed by atoms with Crippen molar-refractivity contribution in [2.75, 3.05) is 13.2 Å². The Morgan fingerprint density at radius 2 is 1.88 bits per heavy atom. The Morgan fingerprint density at radius 1 is 1.16 bits per heavy atom. The van der Waals surface area contributed by atoms with E-state index in [9.17, 15) is 14.4 Å². The van der Waals surface area contributed by atoms with Gasteiger partial charge in [-0.25, -0.2) is 4.79 Å². The maximum Gasteiger partial charge on any atom is 0.342 e. The summed E-state index contributed by atoms with van der Waals surface area (Å²) >= 11 is 0. The lowest BCUT2D eigenvalue weighted by molar-refractivity contribution is -0.125. The van der Waals surface area contributed by atoms with Crippen LogP contribution >= 0.6 is 0 Å². The highest BCUT2D eigenvalue weighted by molar-refractivity contribution is 5.94. The molecule has 1 aromatic rings. The molecule has 0 saturated heterocycles. The number of carbonyl (C=O) groups is 3. The number of hydrogen-bond donors (Lipinski definition) is 2. The molecule has 1 saturated carbocycles. The maximum absolute atomic E-state index is 12.2. The van der Waals surface area contributed by atoms with Crippen molar-refractivity contribution in [2.45, 2.75) is 38.6 Å². The standard InChI is InChI=1S/C18H24N2O5/c1-12-6-2-4-8-14(12)20-17(22)11-25-18(23)13-7-3-5-9-15(13)24-10-16(19)21/h3,5,7,9,12,14H,2,4,6,8,10-11H2,1H3,(H2,19,21)(H,20,22). The molecule has 7 nitrogen and oxygen atoms in total. The fourth-order valence-electron chi connectivity index (χ4n) is 2.90. The highest BCUT2D eigenvalue weighted by atomic mass is 16.5. The van der Waals surface area contributed by atoms with Crippen LogP contribution in [0.5, 0.6) is 5.75 Å². The van der Waals surface area contributed by atoms with Crippen molar-refractivity contribution in [1.82, 2.24) is 5.32 Å². The van der Waals surface area contributed by atoms with Crippen molar-refractivity contribution in [3.05, 3.63) is 29.8 Å². The van der Waals surface area contributed by atoms with Gasteiger partial charge in [0.05, 0.1) is 0 Å². The number of hydrogen-bond acceptors (Lipinski definition) is 5. The zero-order valence-corrected chi connectivity index (χ0v) is 14.3. The summed E-state index contributed by atoms with van der Waals surface area (Å²) in [6.07, 6.45) is 4.32. The second-order valence-electron chi connectivity index (χ2n) is 6.26. The first-order valence-electron chi connectivity index (χ1n) is 8.44. The summed E-state index contributed by atoms with van der Waals surface area (Å²) in [4.78, 5) is 35.0. The van der Waals surface area contributed by atoms with Crippen LogP contribution in [-0.4, -0.2) is 37.0 Å². The van der Waals surface area contributed by atoms with Crippen molar-refractivity contribution in [1.29, 1.82) is 0 Å². The number of para-hydroxylation sites is 1. The molecule has 2 atom stereocenters. The molecule has 1 fully saturated rings. The zero-order chi connectivity index (χ0) is 18.2. The van der Waals surface area contributed by atoms with E-state index in [0.717, 1.165) is 19.3 Å². The van der Waals surface area contributed by atoms with E-state index in [1.807, 2.05) is 0 Å². The topological polar surface area (TPSA) is 108 Å². The largest absolute Gasteiger partial charge is 0.483 e. The maximum atomic E-state index is 12.2. The van der Waals surface area contributed by atoms with Gasteiger partial charge in [0.15, 0.2) is 13.2 Å². The number of benzene rings is 1. The molecule has 0 aromatic heterocycles. The Morgan fingerprint density at radius 3 is 2.60 bits per heavy atom. The van der Waals surface area contributed by atoms with Gasteiger partial charge in [-0.3, -0.25) is 9.59 Å². The minimum absolute atomic E-state index is 0.131. The van der Waals surface area contributed by atoms with Crippen molar-refractivity contribution >= 4 is 17.8 Å². The molecule has 2 unspecified atom stereocenters. The van der Waals surface area contributed by atoms with Crippen LogP contribution in [0.1, 0.15) is 43.0 Å². The number of esters is 1. The highest BCUT2D eigenvalue weighted by Crippen LogP contribution is 2.23. The minimum atomic E-state index is -0.688. The molecular formula is C18H24N2O5. The van der Waals surface area contributed by atoms with Crippen molar-refractivity contribution < 1.29 is 23.9 Å². The highest BCUT2D eigenvalue weighted by Gasteiger charge is 2.23. The van der Waals surface area contributed by atoms with E-state index in [1.165, 1.54) is 18.6 Å². The third-order valence-corrected chi connectivity index (χ3v) is 4.27. The van der Waals surface area contributed by atoms with Gasteiger partial charge in [-0.05, 0) is 30.9 Å². The fraction of sp³-hybridized carbons (Fsp3) is 0.500. The molecule has 0 bridgehead atoms. The molecule has 2 amide bonds. The third-order valence-electron chi connectivity index (χ3n) is 4.27. The molecule has 0 aliphatic heterocycles. The first kappa shape index (κ1) is 18.8. The lowest BCUT2D eigenvalue weighted by Crippen LogP contribution is -2.42. The number of nitrogens with two attached hydrogens (primary N) is 1. The number of primary amides is 1. The SMILES string of the molecule is CC1CCCCC1NC(=O)COC(=O)c1ccccc1OCC(N)=O. The molecular weight excluding hydrogens is 324 g/mol. The van der Waals surface area contributed by atoms with Gasteiger partial charge in [0.25, 0.3) is 11.8 Å². The molecule has 1 aliphatic carbocycles. The van der Waals surface area contributed by atoms with Gasteiger partial charge < -0.3 is 20.5 Å². The van der Waals surface area contributed by atoms with Crippen molar-refractivity contribution in [2.24, 2.45) is 11.7 Å². The van der Waals surface area contributed by atoms with Gasteiger partial charge in [0.2, 0.25) is 0 Å². The summed E-state index contributed by atoms with van der Waals surface area (Å²) in [5.41, 5.74) is 5.17. The van der Waals surface area contributed by atoms with E-state index in [4.69, 9.17) is 15.2 Å².